The van der Waals surface area contributed by atoms with Crippen LogP contribution in [0, 0.1) is 19.7 Å². The van der Waals surface area contributed by atoms with Crippen LogP contribution in [0.2, 0.25) is 0 Å². The summed E-state index contributed by atoms with van der Waals surface area (Å²) < 4.78 is 13.9. The predicted molar refractivity (Wildman–Crippen MR) is 154 cm³/mol. The number of fused-ring (bicyclic) bond motifs is 1. The van der Waals surface area contributed by atoms with Gasteiger partial charge in [-0.15, -0.1) is 0 Å². The van der Waals surface area contributed by atoms with Crippen LogP contribution in [0.25, 0.3) is 11.6 Å². The van der Waals surface area contributed by atoms with E-state index >= 15 is 0 Å². The third-order valence-electron chi connectivity index (χ3n) is 7.04. The van der Waals surface area contributed by atoms with Crippen molar-refractivity contribution in [3.8, 4) is 0 Å². The first kappa shape index (κ1) is 30.5. The summed E-state index contributed by atoms with van der Waals surface area (Å²) in [7, 11) is 2.15. The van der Waals surface area contributed by atoms with E-state index in [-0.39, 0.29) is 22.7 Å². The molecule has 1 aromatic carbocycles. The minimum absolute atomic E-state index is 0.117. The highest BCUT2D eigenvalue weighted by Crippen LogP contribution is 2.39. The second-order valence-electron chi connectivity index (χ2n) is 9.61. The SMILES string of the molecule is CCN(CC)CCNC(=O)c1c(C)[nH]c(/C=C2\C(=O)N(C(=O)Cl)c3ccc(F)cc32)c1C.CN1CCNCC1. The number of aromatic amines is 1. The van der Waals surface area contributed by atoms with E-state index in [9.17, 15) is 18.8 Å². The molecule has 0 saturated carbocycles. The zero-order valence-electron chi connectivity index (χ0n) is 23.3. The van der Waals surface area contributed by atoms with Crippen molar-refractivity contribution < 1.29 is 18.8 Å². The Morgan fingerprint density at radius 2 is 1.85 bits per heavy atom. The standard InChI is InChI=1S/C23H26ClFN4O3.C5H12N2/c1-5-28(6-2)10-9-26-21(30)20-13(3)18(27-14(20)4)12-17-16-11-15(25)7-8-19(16)29(22(17)31)23(24)32;1-7-4-2-6-3-5-7/h7-8,11-12,27H,5-6,9-10H2,1-4H3,(H,26,30);6H,2-5H2,1H3/b17-12-;. The van der Waals surface area contributed by atoms with Gasteiger partial charge < -0.3 is 25.4 Å². The first-order valence-electron chi connectivity index (χ1n) is 13.2. The van der Waals surface area contributed by atoms with Crippen LogP contribution in [0.4, 0.5) is 14.9 Å². The van der Waals surface area contributed by atoms with Crippen LogP contribution in [0.1, 0.15) is 46.7 Å². The van der Waals surface area contributed by atoms with E-state index in [0.29, 0.717) is 29.1 Å². The van der Waals surface area contributed by atoms with Gasteiger partial charge in [0, 0.05) is 56.2 Å². The smallest absolute Gasteiger partial charge is 0.327 e. The zero-order valence-corrected chi connectivity index (χ0v) is 24.0. The number of aromatic nitrogens is 1. The number of rotatable bonds is 7. The van der Waals surface area contributed by atoms with Gasteiger partial charge in [0.05, 0.1) is 16.8 Å². The Morgan fingerprint density at radius 1 is 1.18 bits per heavy atom. The molecule has 0 spiro atoms. The number of piperazine rings is 1. The molecule has 0 bridgehead atoms. The number of imide groups is 1. The third-order valence-corrected chi connectivity index (χ3v) is 7.21. The molecule has 2 aliphatic rings. The van der Waals surface area contributed by atoms with Crippen LogP contribution in [-0.2, 0) is 4.79 Å². The van der Waals surface area contributed by atoms with Crippen molar-refractivity contribution >= 4 is 46.1 Å². The molecule has 9 nitrogen and oxygen atoms in total. The molecule has 3 amide bonds. The summed E-state index contributed by atoms with van der Waals surface area (Å²) in [6, 6.07) is 3.68. The van der Waals surface area contributed by atoms with E-state index in [0.717, 1.165) is 43.7 Å². The number of H-pyrrole nitrogens is 1. The Morgan fingerprint density at radius 3 is 2.41 bits per heavy atom. The summed E-state index contributed by atoms with van der Waals surface area (Å²) in [5.74, 6) is -1.41. The summed E-state index contributed by atoms with van der Waals surface area (Å²) >= 11 is 5.59. The lowest BCUT2D eigenvalue weighted by molar-refractivity contribution is -0.112. The van der Waals surface area contributed by atoms with Gasteiger partial charge in [-0.2, -0.15) is 0 Å². The summed E-state index contributed by atoms with van der Waals surface area (Å²) in [6.45, 7) is 15.5. The maximum Gasteiger partial charge on any atom is 0.327 e. The molecule has 0 aliphatic carbocycles. The Kier molecular flexibility index (Phi) is 10.8. The number of hydrogen-bond donors (Lipinski definition) is 3. The number of carbonyl (C=O) groups is 3. The van der Waals surface area contributed by atoms with Gasteiger partial charge >= 0.3 is 5.37 Å². The lowest BCUT2D eigenvalue weighted by atomic mass is 10.0. The van der Waals surface area contributed by atoms with E-state index in [1.807, 2.05) is 0 Å². The number of halogens is 2. The number of anilines is 1. The Balaban J connectivity index is 0.000000520. The van der Waals surface area contributed by atoms with Crippen molar-refractivity contribution in [3.05, 3.63) is 52.1 Å². The number of amides is 3. The normalized spacial score (nSPS) is 16.4. The highest BCUT2D eigenvalue weighted by molar-refractivity contribution is 6.70. The van der Waals surface area contributed by atoms with E-state index in [2.05, 4.69) is 46.3 Å². The van der Waals surface area contributed by atoms with Gasteiger partial charge in [0.15, 0.2) is 0 Å². The number of nitrogens with one attached hydrogen (secondary N) is 3. The van der Waals surface area contributed by atoms with Crippen LogP contribution in [-0.4, -0.2) is 91.4 Å². The van der Waals surface area contributed by atoms with E-state index in [1.165, 1.54) is 31.3 Å². The Labute approximate surface area is 234 Å². The number of nitrogens with zero attached hydrogens (tertiary/aromatic N) is 3. The molecule has 1 saturated heterocycles. The van der Waals surface area contributed by atoms with Crippen LogP contribution < -0.4 is 15.5 Å². The molecule has 11 heteroatoms. The molecule has 4 rings (SSSR count). The first-order valence-corrected chi connectivity index (χ1v) is 13.6. The molecular formula is C28H38ClFN6O3. The molecule has 0 unspecified atom stereocenters. The van der Waals surface area contributed by atoms with Crippen molar-refractivity contribution in [2.24, 2.45) is 0 Å². The minimum Gasteiger partial charge on any atom is -0.358 e. The van der Waals surface area contributed by atoms with Gasteiger partial charge in [0.25, 0.3) is 11.8 Å². The van der Waals surface area contributed by atoms with Gasteiger partial charge in [-0.25, -0.2) is 9.29 Å². The average Bonchev–Trinajstić information content (AvgIpc) is 3.34. The molecule has 1 fully saturated rings. The third kappa shape index (κ3) is 7.33. The van der Waals surface area contributed by atoms with Crippen LogP contribution in [0.15, 0.2) is 18.2 Å². The van der Waals surface area contributed by atoms with Crippen LogP contribution in [0.3, 0.4) is 0 Å². The Bertz CT molecular complexity index is 1230. The summed E-state index contributed by atoms with van der Waals surface area (Å²) in [5.41, 5.74) is 2.91. The number of likely N-dealkylation sites (N-methyl/N-ethyl adjacent to an activating group) is 2. The summed E-state index contributed by atoms with van der Waals surface area (Å²) in [5, 5.41) is 5.23. The molecule has 0 atom stereocenters. The molecule has 2 aromatic rings. The maximum absolute atomic E-state index is 13.9. The van der Waals surface area contributed by atoms with Crippen molar-refractivity contribution in [2.45, 2.75) is 27.7 Å². The van der Waals surface area contributed by atoms with Gasteiger partial charge in [-0.1, -0.05) is 13.8 Å². The van der Waals surface area contributed by atoms with Crippen LogP contribution in [0.5, 0.6) is 0 Å². The molecule has 1 aromatic heterocycles. The van der Waals surface area contributed by atoms with E-state index in [4.69, 9.17) is 11.6 Å². The van der Waals surface area contributed by atoms with E-state index in [1.54, 1.807) is 13.8 Å². The molecule has 3 heterocycles. The lowest BCUT2D eigenvalue weighted by Gasteiger charge is -2.21. The number of hydrogen-bond acceptors (Lipinski definition) is 6. The topological polar surface area (TPSA) is 101 Å². The molecule has 212 valence electrons. The molecular weight excluding hydrogens is 523 g/mol. The lowest BCUT2D eigenvalue weighted by Crippen LogP contribution is -2.40. The highest BCUT2D eigenvalue weighted by Gasteiger charge is 2.36. The van der Waals surface area contributed by atoms with Gasteiger partial charge in [0.1, 0.15) is 5.82 Å². The van der Waals surface area contributed by atoms with Crippen molar-refractivity contribution in [2.75, 3.05) is 64.3 Å². The van der Waals surface area contributed by atoms with Gasteiger partial charge in [-0.05, 0) is 75.4 Å². The summed E-state index contributed by atoms with van der Waals surface area (Å²) in [4.78, 5) is 45.9. The van der Waals surface area contributed by atoms with Gasteiger partial charge in [0.2, 0.25) is 0 Å². The molecule has 39 heavy (non-hydrogen) atoms. The fraction of sp³-hybridized carbons (Fsp3) is 0.464. The number of benzene rings is 1. The van der Waals surface area contributed by atoms with Crippen LogP contribution >= 0.6 is 11.6 Å². The fourth-order valence-corrected chi connectivity index (χ4v) is 4.88. The molecule has 0 radical (unpaired) electrons. The fourth-order valence-electron chi connectivity index (χ4n) is 4.71. The maximum atomic E-state index is 13.9. The summed E-state index contributed by atoms with van der Waals surface area (Å²) in [6.07, 6.45) is 1.52. The zero-order chi connectivity index (χ0) is 28.7. The quantitative estimate of drug-likeness (QED) is 0.272. The van der Waals surface area contributed by atoms with Crippen molar-refractivity contribution in [3.63, 3.8) is 0 Å². The Hall–Kier alpha value is -3.05. The molecule has 2 aliphatic heterocycles. The van der Waals surface area contributed by atoms with E-state index < -0.39 is 17.1 Å². The van der Waals surface area contributed by atoms with Crippen molar-refractivity contribution in [1.82, 2.24) is 25.4 Å². The first-order chi connectivity index (χ1) is 18.6. The van der Waals surface area contributed by atoms with Gasteiger partial charge in [-0.3, -0.25) is 14.4 Å². The van der Waals surface area contributed by atoms with Crippen molar-refractivity contribution in [1.29, 1.82) is 0 Å². The predicted octanol–water partition coefficient (Wildman–Crippen LogP) is 3.61. The second kappa shape index (κ2) is 13.8. The molecule has 3 N–H and O–H groups in total. The minimum atomic E-state index is -0.973. The number of aryl methyl sites for hydroxylation is 1. The monoisotopic (exact) mass is 560 g/mol. The second-order valence-corrected chi connectivity index (χ2v) is 9.94. The number of carbonyl (C=O) groups excluding carboxylic acids is 3. The average molecular weight is 561 g/mol. The largest absolute Gasteiger partial charge is 0.358 e. The highest BCUT2D eigenvalue weighted by atomic mass is 35.5.